The van der Waals surface area contributed by atoms with E-state index in [4.69, 9.17) is 10.6 Å². The van der Waals surface area contributed by atoms with Gasteiger partial charge in [0.1, 0.15) is 12.7 Å². The molecular formula is C6H11N5O2. The maximum atomic E-state index is 11.2. The first-order valence-corrected chi connectivity index (χ1v) is 3.63. The van der Waals surface area contributed by atoms with E-state index in [0.717, 1.165) is 0 Å². The fourth-order valence-electron chi connectivity index (χ4n) is 0.905. The van der Waals surface area contributed by atoms with Gasteiger partial charge in [-0.05, 0) is 0 Å². The van der Waals surface area contributed by atoms with Gasteiger partial charge in [-0.3, -0.25) is 10.2 Å². The molecule has 1 heterocycles. The van der Waals surface area contributed by atoms with E-state index in [1.807, 2.05) is 5.43 Å². The van der Waals surface area contributed by atoms with E-state index in [1.165, 1.54) is 24.4 Å². The van der Waals surface area contributed by atoms with Crippen LogP contribution in [0.15, 0.2) is 12.7 Å². The van der Waals surface area contributed by atoms with E-state index < -0.39 is 6.04 Å². The third-order valence-corrected chi connectivity index (χ3v) is 1.53. The first-order valence-electron chi connectivity index (χ1n) is 3.63. The van der Waals surface area contributed by atoms with Crippen molar-refractivity contribution in [3.8, 4) is 0 Å². The minimum Gasteiger partial charge on any atom is -0.382 e. The van der Waals surface area contributed by atoms with Crippen molar-refractivity contribution < 1.29 is 9.53 Å². The van der Waals surface area contributed by atoms with Crippen LogP contribution in [-0.4, -0.2) is 34.4 Å². The van der Waals surface area contributed by atoms with E-state index in [0.29, 0.717) is 0 Å². The lowest BCUT2D eigenvalue weighted by molar-refractivity contribution is -0.126. The molecule has 0 aliphatic heterocycles. The Morgan fingerprint density at radius 1 is 1.85 bits per heavy atom. The Hall–Kier alpha value is -1.47. The van der Waals surface area contributed by atoms with Crippen LogP contribution in [0.25, 0.3) is 0 Å². The van der Waals surface area contributed by atoms with Crippen LogP contribution in [0.5, 0.6) is 0 Å². The monoisotopic (exact) mass is 185 g/mol. The molecule has 0 saturated carbocycles. The number of hydrazine groups is 1. The second kappa shape index (κ2) is 4.53. The number of hydrogen-bond donors (Lipinski definition) is 2. The highest BCUT2D eigenvalue weighted by atomic mass is 16.5. The number of aromatic nitrogens is 3. The van der Waals surface area contributed by atoms with Crippen LogP contribution in [0.4, 0.5) is 0 Å². The van der Waals surface area contributed by atoms with E-state index in [1.54, 1.807) is 0 Å². The summed E-state index contributed by atoms with van der Waals surface area (Å²) >= 11 is 0. The summed E-state index contributed by atoms with van der Waals surface area (Å²) in [6.45, 7) is 0.201. The zero-order chi connectivity index (χ0) is 9.68. The molecule has 1 unspecified atom stereocenters. The van der Waals surface area contributed by atoms with Gasteiger partial charge in [0.25, 0.3) is 5.91 Å². The van der Waals surface area contributed by atoms with E-state index in [2.05, 4.69) is 10.1 Å². The van der Waals surface area contributed by atoms with Crippen molar-refractivity contribution in [2.45, 2.75) is 6.04 Å². The van der Waals surface area contributed by atoms with E-state index >= 15 is 0 Å². The molecule has 13 heavy (non-hydrogen) atoms. The molecule has 0 radical (unpaired) electrons. The van der Waals surface area contributed by atoms with E-state index in [9.17, 15) is 4.79 Å². The summed E-state index contributed by atoms with van der Waals surface area (Å²) in [5.41, 5.74) is 2.03. The summed E-state index contributed by atoms with van der Waals surface area (Å²) in [6, 6.07) is -0.572. The molecule has 1 amide bonds. The minimum absolute atomic E-state index is 0.201. The third kappa shape index (κ3) is 2.23. The van der Waals surface area contributed by atoms with Crippen molar-refractivity contribution in [1.29, 1.82) is 0 Å². The van der Waals surface area contributed by atoms with Crippen molar-refractivity contribution in [1.82, 2.24) is 20.2 Å². The number of carbonyl (C=O) groups excluding carboxylic acids is 1. The van der Waals surface area contributed by atoms with Gasteiger partial charge in [0.2, 0.25) is 0 Å². The minimum atomic E-state index is -0.572. The van der Waals surface area contributed by atoms with Crippen LogP contribution in [0, 0.1) is 0 Å². The molecule has 0 aromatic carbocycles. The molecule has 7 nitrogen and oxygen atoms in total. The molecule has 72 valence electrons. The molecule has 1 atom stereocenters. The number of methoxy groups -OCH3 is 1. The highest BCUT2D eigenvalue weighted by Gasteiger charge is 2.19. The Kier molecular flexibility index (Phi) is 3.35. The summed E-state index contributed by atoms with van der Waals surface area (Å²) in [5, 5.41) is 3.81. The van der Waals surface area contributed by atoms with Crippen LogP contribution in [-0.2, 0) is 9.53 Å². The topological polar surface area (TPSA) is 95.1 Å². The van der Waals surface area contributed by atoms with Crippen LogP contribution >= 0.6 is 0 Å². The lowest BCUT2D eigenvalue weighted by Gasteiger charge is -2.13. The Morgan fingerprint density at radius 3 is 3.08 bits per heavy atom. The molecule has 0 spiro atoms. The van der Waals surface area contributed by atoms with Gasteiger partial charge < -0.3 is 4.74 Å². The zero-order valence-electron chi connectivity index (χ0n) is 7.17. The first-order chi connectivity index (χ1) is 6.29. The molecule has 0 bridgehead atoms. The summed E-state index contributed by atoms with van der Waals surface area (Å²) in [5.74, 6) is 4.62. The predicted molar refractivity (Wildman–Crippen MR) is 43.3 cm³/mol. The molecule has 0 aliphatic carbocycles. The number of ether oxygens (including phenoxy) is 1. The van der Waals surface area contributed by atoms with Gasteiger partial charge in [0, 0.05) is 7.11 Å². The molecule has 3 N–H and O–H groups in total. The van der Waals surface area contributed by atoms with Crippen LogP contribution < -0.4 is 11.3 Å². The second-order valence-electron chi connectivity index (χ2n) is 2.36. The quantitative estimate of drug-likeness (QED) is 0.336. The highest BCUT2D eigenvalue weighted by molar-refractivity contribution is 5.79. The molecule has 1 aromatic rings. The molecular weight excluding hydrogens is 174 g/mol. The molecule has 7 heteroatoms. The molecule has 1 rings (SSSR count). The smallest absolute Gasteiger partial charge is 0.261 e. The third-order valence-electron chi connectivity index (χ3n) is 1.53. The Balaban J connectivity index is 2.74. The van der Waals surface area contributed by atoms with Crippen molar-refractivity contribution in [3.63, 3.8) is 0 Å². The van der Waals surface area contributed by atoms with Crippen molar-refractivity contribution in [3.05, 3.63) is 12.7 Å². The fraction of sp³-hybridized carbons (Fsp3) is 0.500. The first kappa shape index (κ1) is 9.62. The average Bonchev–Trinajstić information content (AvgIpc) is 2.65. The lowest BCUT2D eigenvalue weighted by Crippen LogP contribution is -2.39. The average molecular weight is 185 g/mol. The predicted octanol–water partition coefficient (Wildman–Crippen LogP) is -1.54. The van der Waals surface area contributed by atoms with Crippen molar-refractivity contribution >= 4 is 5.91 Å². The number of carbonyl (C=O) groups is 1. The molecule has 0 aliphatic rings. The lowest BCUT2D eigenvalue weighted by atomic mass is 10.3. The number of nitrogens with one attached hydrogen (secondary N) is 1. The number of amides is 1. The Labute approximate surface area is 74.9 Å². The van der Waals surface area contributed by atoms with E-state index in [-0.39, 0.29) is 12.5 Å². The fourth-order valence-corrected chi connectivity index (χ4v) is 0.905. The summed E-state index contributed by atoms with van der Waals surface area (Å²) < 4.78 is 6.23. The number of rotatable bonds is 4. The maximum absolute atomic E-state index is 11.2. The largest absolute Gasteiger partial charge is 0.382 e. The molecule has 1 aromatic heterocycles. The molecule has 0 fully saturated rings. The standard InChI is InChI=1S/C6H11N5O2/c1-13-2-5(6(12)10-7)11-4-8-3-9-11/h3-5H,2,7H2,1H3,(H,10,12). The van der Waals surface area contributed by atoms with Gasteiger partial charge in [-0.1, -0.05) is 0 Å². The number of hydrogen-bond acceptors (Lipinski definition) is 5. The second-order valence-corrected chi connectivity index (χ2v) is 2.36. The Morgan fingerprint density at radius 2 is 2.62 bits per heavy atom. The van der Waals surface area contributed by atoms with Crippen LogP contribution in [0.3, 0.4) is 0 Å². The van der Waals surface area contributed by atoms with Gasteiger partial charge >= 0.3 is 0 Å². The van der Waals surface area contributed by atoms with Crippen molar-refractivity contribution in [2.24, 2.45) is 5.84 Å². The SMILES string of the molecule is COCC(C(=O)NN)n1cncn1. The number of nitrogens with zero attached hydrogens (tertiary/aromatic N) is 3. The summed E-state index contributed by atoms with van der Waals surface area (Å²) in [7, 11) is 1.49. The van der Waals surface area contributed by atoms with Gasteiger partial charge in [-0.15, -0.1) is 0 Å². The van der Waals surface area contributed by atoms with Gasteiger partial charge in [0.05, 0.1) is 6.61 Å². The van der Waals surface area contributed by atoms with Crippen LogP contribution in [0.1, 0.15) is 6.04 Å². The number of nitrogens with two attached hydrogens (primary N) is 1. The van der Waals surface area contributed by atoms with Crippen molar-refractivity contribution in [2.75, 3.05) is 13.7 Å². The Bertz CT molecular complexity index is 260. The highest BCUT2D eigenvalue weighted by Crippen LogP contribution is 2.03. The van der Waals surface area contributed by atoms with Gasteiger partial charge in [-0.2, -0.15) is 5.10 Å². The maximum Gasteiger partial charge on any atom is 0.261 e. The van der Waals surface area contributed by atoms with Gasteiger partial charge in [-0.25, -0.2) is 15.5 Å². The summed E-state index contributed by atoms with van der Waals surface area (Å²) in [4.78, 5) is 14.9. The zero-order valence-corrected chi connectivity index (χ0v) is 7.17. The summed E-state index contributed by atoms with van der Waals surface area (Å²) in [6.07, 6.45) is 2.77. The molecule has 0 saturated heterocycles. The normalized spacial score (nSPS) is 12.5. The van der Waals surface area contributed by atoms with Crippen LogP contribution in [0.2, 0.25) is 0 Å². The van der Waals surface area contributed by atoms with Gasteiger partial charge in [0.15, 0.2) is 6.04 Å².